The molecule has 4 nitrogen and oxygen atoms in total. The highest BCUT2D eigenvalue weighted by atomic mass is 16.5. The van der Waals surface area contributed by atoms with Crippen LogP contribution < -0.4 is 0 Å². The highest BCUT2D eigenvalue weighted by molar-refractivity contribution is 5.34. The maximum Gasteiger partial charge on any atom is 0.0698 e. The first-order valence-electron chi connectivity index (χ1n) is 5.96. The van der Waals surface area contributed by atoms with Crippen molar-refractivity contribution in [2.45, 2.75) is 19.7 Å². The van der Waals surface area contributed by atoms with Crippen molar-refractivity contribution >= 4 is 0 Å². The van der Waals surface area contributed by atoms with E-state index in [-0.39, 0.29) is 13.2 Å². The van der Waals surface area contributed by atoms with E-state index in [0.717, 1.165) is 25.2 Å². The first-order chi connectivity index (χ1) is 8.33. The number of hydrogen-bond donors (Lipinski definition) is 2. The maximum atomic E-state index is 9.08. The molecule has 0 fully saturated rings. The smallest absolute Gasteiger partial charge is 0.0698 e. The Bertz CT molecular complexity index is 368. The Morgan fingerprint density at radius 3 is 2.71 bits per heavy atom. The van der Waals surface area contributed by atoms with Crippen LogP contribution in [0.1, 0.15) is 16.7 Å². The minimum atomic E-state index is 0.0834. The van der Waals surface area contributed by atoms with Crippen LogP contribution in [-0.2, 0) is 24.4 Å². The maximum absolute atomic E-state index is 9.08. The van der Waals surface area contributed by atoms with Crippen LogP contribution in [0.2, 0.25) is 0 Å². The summed E-state index contributed by atoms with van der Waals surface area (Å²) in [6.45, 7) is 4.00. The molecule has 0 saturated carbocycles. The second-order valence-electron chi connectivity index (χ2n) is 4.31. The van der Waals surface area contributed by atoms with Crippen molar-refractivity contribution in [3.63, 3.8) is 0 Å². The average Bonchev–Trinajstić information content (AvgIpc) is 2.76. The van der Waals surface area contributed by atoms with Crippen LogP contribution in [0.5, 0.6) is 0 Å². The number of aliphatic hydroxyl groups excluding tert-OH is 2. The molecule has 1 aromatic carbocycles. The van der Waals surface area contributed by atoms with Gasteiger partial charge in [0.05, 0.1) is 26.4 Å². The van der Waals surface area contributed by atoms with Gasteiger partial charge in [-0.05, 0) is 16.7 Å². The molecule has 1 aliphatic rings. The van der Waals surface area contributed by atoms with Gasteiger partial charge in [0.2, 0.25) is 0 Å². The Morgan fingerprint density at radius 1 is 1.12 bits per heavy atom. The zero-order valence-electron chi connectivity index (χ0n) is 9.93. The second kappa shape index (κ2) is 6.12. The predicted molar refractivity (Wildman–Crippen MR) is 64.4 cm³/mol. The van der Waals surface area contributed by atoms with E-state index in [1.54, 1.807) is 0 Å². The van der Waals surface area contributed by atoms with Crippen molar-refractivity contribution in [3.05, 3.63) is 34.9 Å². The SMILES string of the molecule is OCCOCCN1Cc2ccc(CO)cc2C1. The summed E-state index contributed by atoms with van der Waals surface area (Å²) in [4.78, 5) is 2.31. The normalized spacial score (nSPS) is 15.2. The van der Waals surface area contributed by atoms with Crippen LogP contribution >= 0.6 is 0 Å². The van der Waals surface area contributed by atoms with E-state index in [1.165, 1.54) is 11.1 Å². The number of hydrogen-bond acceptors (Lipinski definition) is 4. The highest BCUT2D eigenvalue weighted by Crippen LogP contribution is 2.23. The summed E-state index contributed by atoms with van der Waals surface area (Å²) in [5.74, 6) is 0. The van der Waals surface area contributed by atoms with Gasteiger partial charge in [-0.3, -0.25) is 4.90 Å². The van der Waals surface area contributed by atoms with Gasteiger partial charge in [-0.15, -0.1) is 0 Å². The molecule has 17 heavy (non-hydrogen) atoms. The van der Waals surface area contributed by atoms with E-state index >= 15 is 0 Å². The van der Waals surface area contributed by atoms with E-state index < -0.39 is 0 Å². The zero-order chi connectivity index (χ0) is 12.1. The summed E-state index contributed by atoms with van der Waals surface area (Å²) < 4.78 is 5.26. The molecule has 0 saturated heterocycles. The molecule has 4 heteroatoms. The lowest BCUT2D eigenvalue weighted by atomic mass is 10.1. The van der Waals surface area contributed by atoms with Gasteiger partial charge in [0.15, 0.2) is 0 Å². The number of benzene rings is 1. The molecule has 0 unspecified atom stereocenters. The lowest BCUT2D eigenvalue weighted by Gasteiger charge is -2.14. The molecule has 0 aliphatic carbocycles. The topological polar surface area (TPSA) is 52.9 Å². The number of nitrogens with zero attached hydrogens (tertiary/aromatic N) is 1. The van der Waals surface area contributed by atoms with Gasteiger partial charge in [-0.1, -0.05) is 18.2 Å². The molecule has 1 aromatic rings. The Balaban J connectivity index is 1.84. The van der Waals surface area contributed by atoms with Crippen molar-refractivity contribution in [2.75, 3.05) is 26.4 Å². The standard InChI is InChI=1S/C13H19NO3/c15-4-6-17-5-3-14-8-12-2-1-11(10-16)7-13(12)9-14/h1-2,7,15-16H,3-6,8-10H2. The van der Waals surface area contributed by atoms with Crippen molar-refractivity contribution in [1.82, 2.24) is 4.90 Å². The third-order valence-electron chi connectivity index (χ3n) is 3.03. The van der Waals surface area contributed by atoms with Crippen LogP contribution in [0.25, 0.3) is 0 Å². The third kappa shape index (κ3) is 3.26. The van der Waals surface area contributed by atoms with Gasteiger partial charge in [0.1, 0.15) is 0 Å². The molecule has 1 heterocycles. The largest absolute Gasteiger partial charge is 0.394 e. The summed E-state index contributed by atoms with van der Waals surface area (Å²) in [6.07, 6.45) is 0. The minimum Gasteiger partial charge on any atom is -0.394 e. The first-order valence-corrected chi connectivity index (χ1v) is 5.96. The van der Waals surface area contributed by atoms with E-state index in [0.29, 0.717) is 13.2 Å². The van der Waals surface area contributed by atoms with Gasteiger partial charge in [0, 0.05) is 19.6 Å². The Hall–Kier alpha value is -0.940. The van der Waals surface area contributed by atoms with E-state index in [2.05, 4.69) is 17.0 Å². The lowest BCUT2D eigenvalue weighted by Crippen LogP contribution is -2.22. The molecule has 0 spiro atoms. The van der Waals surface area contributed by atoms with Gasteiger partial charge in [-0.2, -0.15) is 0 Å². The van der Waals surface area contributed by atoms with Crippen LogP contribution in [0.15, 0.2) is 18.2 Å². The van der Waals surface area contributed by atoms with Gasteiger partial charge in [0.25, 0.3) is 0 Å². The molecule has 0 bridgehead atoms. The molecule has 2 N–H and O–H groups in total. The highest BCUT2D eigenvalue weighted by Gasteiger charge is 2.18. The summed E-state index contributed by atoms with van der Waals surface area (Å²) in [7, 11) is 0. The molecule has 0 atom stereocenters. The fourth-order valence-corrected chi connectivity index (χ4v) is 2.14. The zero-order valence-corrected chi connectivity index (χ0v) is 9.93. The quantitative estimate of drug-likeness (QED) is 0.708. The van der Waals surface area contributed by atoms with Crippen molar-refractivity contribution in [1.29, 1.82) is 0 Å². The summed E-state index contributed by atoms with van der Waals surface area (Å²) in [5, 5.41) is 17.7. The summed E-state index contributed by atoms with van der Waals surface area (Å²) in [5.41, 5.74) is 3.62. The Kier molecular flexibility index (Phi) is 4.50. The van der Waals surface area contributed by atoms with Crippen LogP contribution in [-0.4, -0.2) is 41.5 Å². The molecule has 0 radical (unpaired) electrons. The van der Waals surface area contributed by atoms with Gasteiger partial charge < -0.3 is 14.9 Å². The third-order valence-corrected chi connectivity index (χ3v) is 3.03. The number of rotatable bonds is 6. The van der Waals surface area contributed by atoms with Crippen LogP contribution in [0.3, 0.4) is 0 Å². The van der Waals surface area contributed by atoms with Gasteiger partial charge in [-0.25, -0.2) is 0 Å². The Morgan fingerprint density at radius 2 is 1.94 bits per heavy atom. The van der Waals surface area contributed by atoms with Crippen molar-refractivity contribution in [2.24, 2.45) is 0 Å². The number of ether oxygens (including phenoxy) is 1. The average molecular weight is 237 g/mol. The van der Waals surface area contributed by atoms with Crippen molar-refractivity contribution < 1.29 is 14.9 Å². The van der Waals surface area contributed by atoms with Crippen LogP contribution in [0, 0.1) is 0 Å². The lowest BCUT2D eigenvalue weighted by molar-refractivity contribution is 0.0731. The van der Waals surface area contributed by atoms with E-state index in [4.69, 9.17) is 14.9 Å². The van der Waals surface area contributed by atoms with Crippen LogP contribution in [0.4, 0.5) is 0 Å². The molecule has 2 rings (SSSR count). The Labute approximate surface area is 101 Å². The minimum absolute atomic E-state index is 0.0834. The van der Waals surface area contributed by atoms with Crippen molar-refractivity contribution in [3.8, 4) is 0 Å². The summed E-state index contributed by atoms with van der Waals surface area (Å²) >= 11 is 0. The molecule has 0 amide bonds. The monoisotopic (exact) mass is 237 g/mol. The summed E-state index contributed by atoms with van der Waals surface area (Å²) in [6, 6.07) is 6.14. The number of fused-ring (bicyclic) bond motifs is 1. The fourth-order valence-electron chi connectivity index (χ4n) is 2.14. The van der Waals surface area contributed by atoms with E-state index in [1.807, 2.05) is 6.07 Å². The van der Waals surface area contributed by atoms with Gasteiger partial charge >= 0.3 is 0 Å². The number of aliphatic hydroxyl groups is 2. The predicted octanol–water partition coefficient (Wildman–Crippen LogP) is 0.503. The molecule has 94 valence electrons. The fraction of sp³-hybridized carbons (Fsp3) is 0.538. The first kappa shape index (κ1) is 12.5. The molecule has 1 aliphatic heterocycles. The molecular formula is C13H19NO3. The molecular weight excluding hydrogens is 218 g/mol. The second-order valence-corrected chi connectivity index (χ2v) is 4.31. The van der Waals surface area contributed by atoms with E-state index in [9.17, 15) is 0 Å². The molecule has 0 aromatic heterocycles.